The summed E-state index contributed by atoms with van der Waals surface area (Å²) in [6.45, 7) is 0.578. The van der Waals surface area contributed by atoms with Crippen molar-refractivity contribution in [1.82, 2.24) is 5.32 Å². The Morgan fingerprint density at radius 2 is 1.91 bits per heavy atom. The van der Waals surface area contributed by atoms with Crippen molar-refractivity contribution in [3.63, 3.8) is 0 Å². The molecule has 0 saturated heterocycles. The molecule has 0 spiro atoms. The van der Waals surface area contributed by atoms with Crippen LogP contribution in [0, 0.1) is 0 Å². The Morgan fingerprint density at radius 3 is 2.68 bits per heavy atom. The number of guanidine groups is 1. The number of nitrogens with one attached hydrogen (secondary N) is 2. The van der Waals surface area contributed by atoms with Crippen molar-refractivity contribution in [2.45, 2.75) is 11.3 Å². The molecule has 1 aliphatic rings. The molecule has 0 aromatic heterocycles. The van der Waals surface area contributed by atoms with Crippen LogP contribution in [0.4, 0.5) is 5.69 Å². The van der Waals surface area contributed by atoms with E-state index in [1.165, 1.54) is 11.6 Å². The van der Waals surface area contributed by atoms with Crippen molar-refractivity contribution in [3.8, 4) is 0 Å². The van der Waals surface area contributed by atoms with E-state index in [0.29, 0.717) is 17.3 Å². The summed E-state index contributed by atoms with van der Waals surface area (Å²) in [5.74, 6) is 0.228. The number of nitrogens with zero attached hydrogens (tertiary/aromatic N) is 1. The van der Waals surface area contributed by atoms with Gasteiger partial charge in [-0.25, -0.2) is 0 Å². The van der Waals surface area contributed by atoms with E-state index in [0.717, 1.165) is 6.42 Å². The van der Waals surface area contributed by atoms with Crippen LogP contribution < -0.4 is 10.6 Å². The van der Waals surface area contributed by atoms with Gasteiger partial charge in [-0.05, 0) is 30.2 Å². The molecule has 0 saturated carbocycles. The van der Waals surface area contributed by atoms with E-state index in [1.807, 2.05) is 30.3 Å². The first-order valence-electron chi connectivity index (χ1n) is 6.74. The molecule has 3 rings (SSSR count). The van der Waals surface area contributed by atoms with Gasteiger partial charge in [0.15, 0.2) is 0 Å². The van der Waals surface area contributed by atoms with Crippen molar-refractivity contribution in [3.05, 3.63) is 59.1 Å². The molecule has 22 heavy (non-hydrogen) atoms. The molecular formula is C15H14ClN3O2S. The van der Waals surface area contributed by atoms with E-state index in [9.17, 15) is 8.42 Å². The quantitative estimate of drug-likeness (QED) is 0.904. The predicted octanol–water partition coefficient (Wildman–Crippen LogP) is 2.64. The number of fused-ring (bicyclic) bond motifs is 1. The third-order valence-electron chi connectivity index (χ3n) is 3.24. The zero-order valence-electron chi connectivity index (χ0n) is 11.6. The van der Waals surface area contributed by atoms with Gasteiger partial charge in [0.2, 0.25) is 5.96 Å². The predicted molar refractivity (Wildman–Crippen MR) is 87.8 cm³/mol. The van der Waals surface area contributed by atoms with Crippen LogP contribution in [0.2, 0.25) is 5.02 Å². The number of sulfonamides is 1. The molecule has 0 amide bonds. The Balaban J connectivity index is 1.72. The Bertz CT molecular complexity index is 820. The summed E-state index contributed by atoms with van der Waals surface area (Å²) in [5.41, 5.74) is 1.64. The third-order valence-corrected chi connectivity index (χ3v) is 4.79. The average Bonchev–Trinajstić information content (AvgIpc) is 2.49. The van der Waals surface area contributed by atoms with E-state index in [1.54, 1.807) is 12.1 Å². The molecule has 0 bridgehead atoms. The maximum atomic E-state index is 12.1. The van der Waals surface area contributed by atoms with Crippen LogP contribution in [0.25, 0.3) is 0 Å². The summed E-state index contributed by atoms with van der Waals surface area (Å²) < 4.78 is 28.0. The van der Waals surface area contributed by atoms with Crippen molar-refractivity contribution in [2.75, 3.05) is 11.9 Å². The number of benzene rings is 2. The minimum atomic E-state index is -3.73. The Hall–Kier alpha value is -2.05. The summed E-state index contributed by atoms with van der Waals surface area (Å²) in [5, 5.41) is 6.34. The van der Waals surface area contributed by atoms with Crippen LogP contribution in [0.3, 0.4) is 0 Å². The zero-order valence-corrected chi connectivity index (χ0v) is 13.2. The summed E-state index contributed by atoms with van der Waals surface area (Å²) in [6, 6.07) is 14.6. The van der Waals surface area contributed by atoms with E-state index < -0.39 is 10.0 Å². The van der Waals surface area contributed by atoms with Gasteiger partial charge in [-0.1, -0.05) is 41.9 Å². The molecule has 0 aliphatic carbocycles. The van der Waals surface area contributed by atoms with Gasteiger partial charge in [-0.2, -0.15) is 8.42 Å². The van der Waals surface area contributed by atoms with Crippen LogP contribution in [0.1, 0.15) is 5.56 Å². The molecule has 2 aromatic carbocycles. The van der Waals surface area contributed by atoms with E-state index >= 15 is 0 Å². The fraction of sp³-hybridized carbons (Fsp3) is 0.133. The van der Waals surface area contributed by atoms with Crippen molar-refractivity contribution in [1.29, 1.82) is 0 Å². The number of hydrogen-bond acceptors (Lipinski definition) is 4. The summed E-state index contributed by atoms with van der Waals surface area (Å²) in [4.78, 5) is 0.0913. The van der Waals surface area contributed by atoms with Crippen LogP contribution in [0.5, 0.6) is 0 Å². The topological polar surface area (TPSA) is 70.6 Å². The number of hydrogen-bond donors (Lipinski definition) is 2. The second kappa shape index (κ2) is 5.98. The average molecular weight is 336 g/mol. The van der Waals surface area contributed by atoms with Crippen LogP contribution >= 0.6 is 11.6 Å². The highest BCUT2D eigenvalue weighted by Gasteiger charge is 2.24. The standard InChI is InChI=1S/C15H14ClN3O2S/c16-12-6-7-13-14(10-12)22(20,21)19-15(18-13)17-9-8-11-4-2-1-3-5-11/h1-7,10H,8-9H2,(H2,17,18,19). The van der Waals surface area contributed by atoms with E-state index in [-0.39, 0.29) is 10.9 Å². The summed E-state index contributed by atoms with van der Waals surface area (Å²) in [6.07, 6.45) is 0.773. The molecule has 1 aliphatic heterocycles. The van der Waals surface area contributed by atoms with Crippen LogP contribution in [0.15, 0.2) is 57.8 Å². The van der Waals surface area contributed by atoms with Gasteiger partial charge in [-0.15, -0.1) is 4.40 Å². The minimum absolute atomic E-state index is 0.0913. The Kier molecular flexibility index (Phi) is 4.04. The highest BCUT2D eigenvalue weighted by molar-refractivity contribution is 7.90. The number of rotatable bonds is 3. The maximum Gasteiger partial charge on any atom is 0.287 e. The fourth-order valence-corrected chi connectivity index (χ4v) is 3.54. The van der Waals surface area contributed by atoms with E-state index in [2.05, 4.69) is 15.0 Å². The lowest BCUT2D eigenvalue weighted by molar-refractivity contribution is 0.597. The van der Waals surface area contributed by atoms with Crippen LogP contribution in [-0.2, 0) is 16.4 Å². The molecular weight excluding hydrogens is 322 g/mol. The highest BCUT2D eigenvalue weighted by atomic mass is 35.5. The van der Waals surface area contributed by atoms with Gasteiger partial charge >= 0.3 is 0 Å². The summed E-state index contributed by atoms with van der Waals surface area (Å²) in [7, 11) is -3.73. The first-order chi connectivity index (χ1) is 10.5. The lowest BCUT2D eigenvalue weighted by Gasteiger charge is -2.19. The van der Waals surface area contributed by atoms with Gasteiger partial charge in [-0.3, -0.25) is 0 Å². The first-order valence-corrected chi connectivity index (χ1v) is 8.56. The summed E-state index contributed by atoms with van der Waals surface area (Å²) >= 11 is 5.84. The lowest BCUT2D eigenvalue weighted by atomic mass is 10.1. The second-order valence-corrected chi connectivity index (χ2v) is 6.85. The normalized spacial score (nSPS) is 15.4. The first kappa shape index (κ1) is 14.9. The molecule has 0 fully saturated rings. The van der Waals surface area contributed by atoms with Crippen molar-refractivity contribution in [2.24, 2.45) is 4.40 Å². The van der Waals surface area contributed by atoms with Gasteiger partial charge in [0, 0.05) is 11.6 Å². The Morgan fingerprint density at radius 1 is 1.14 bits per heavy atom. The minimum Gasteiger partial charge on any atom is -0.355 e. The monoisotopic (exact) mass is 335 g/mol. The Labute approximate surface area is 134 Å². The molecule has 7 heteroatoms. The van der Waals surface area contributed by atoms with Crippen molar-refractivity contribution < 1.29 is 8.42 Å². The van der Waals surface area contributed by atoms with Crippen molar-refractivity contribution >= 4 is 33.3 Å². The number of halogens is 1. The molecule has 0 radical (unpaired) electrons. The smallest absolute Gasteiger partial charge is 0.287 e. The fourth-order valence-electron chi connectivity index (χ4n) is 2.18. The molecule has 1 heterocycles. The molecule has 2 aromatic rings. The van der Waals surface area contributed by atoms with Crippen LogP contribution in [-0.4, -0.2) is 20.9 Å². The SMILES string of the molecule is O=S1(=O)N=C(NCCc2ccccc2)Nc2ccc(Cl)cc21. The van der Waals surface area contributed by atoms with Gasteiger partial charge in [0.1, 0.15) is 4.90 Å². The second-order valence-electron chi connectivity index (χ2n) is 4.84. The largest absolute Gasteiger partial charge is 0.355 e. The maximum absolute atomic E-state index is 12.1. The zero-order chi connectivity index (χ0) is 15.6. The molecule has 114 valence electrons. The molecule has 5 nitrogen and oxygen atoms in total. The molecule has 0 atom stereocenters. The molecule has 2 N–H and O–H groups in total. The molecule has 0 unspecified atom stereocenters. The van der Waals surface area contributed by atoms with Gasteiger partial charge < -0.3 is 10.6 Å². The third kappa shape index (κ3) is 3.23. The lowest BCUT2D eigenvalue weighted by Crippen LogP contribution is -2.35. The van der Waals surface area contributed by atoms with Gasteiger partial charge in [0.05, 0.1) is 5.69 Å². The van der Waals surface area contributed by atoms with Gasteiger partial charge in [0.25, 0.3) is 10.0 Å². The number of anilines is 1. The highest BCUT2D eigenvalue weighted by Crippen LogP contribution is 2.29. The van der Waals surface area contributed by atoms with E-state index in [4.69, 9.17) is 11.6 Å².